The molecule has 0 bridgehead atoms. The van der Waals surface area contributed by atoms with E-state index in [1.165, 1.54) is 18.2 Å². The highest BCUT2D eigenvalue weighted by Crippen LogP contribution is 2.22. The molecule has 0 fully saturated rings. The first-order valence-corrected chi connectivity index (χ1v) is 11.5. The van der Waals surface area contributed by atoms with Gasteiger partial charge < -0.3 is 0 Å². The van der Waals surface area contributed by atoms with Gasteiger partial charge in [0.1, 0.15) is 4.21 Å². The van der Waals surface area contributed by atoms with Crippen molar-refractivity contribution < 1.29 is 18.0 Å². The average molecular weight is 436 g/mol. The molecule has 0 aliphatic heterocycles. The summed E-state index contributed by atoms with van der Waals surface area (Å²) in [6, 6.07) is 11.2. The van der Waals surface area contributed by atoms with Crippen LogP contribution in [0.4, 0.5) is 5.69 Å². The maximum absolute atomic E-state index is 12.4. The number of amides is 2. The lowest BCUT2D eigenvalue weighted by atomic mass is 10.2. The highest BCUT2D eigenvalue weighted by atomic mass is 32.2. The van der Waals surface area contributed by atoms with Crippen LogP contribution in [0.5, 0.6) is 0 Å². The number of sulfonamides is 1. The topological polar surface area (TPSA) is 104 Å². The van der Waals surface area contributed by atoms with Gasteiger partial charge in [-0.2, -0.15) is 11.3 Å². The van der Waals surface area contributed by atoms with Crippen LogP contribution < -0.4 is 15.6 Å². The molecule has 0 saturated carbocycles. The van der Waals surface area contributed by atoms with Gasteiger partial charge in [-0.15, -0.1) is 11.3 Å². The summed E-state index contributed by atoms with van der Waals surface area (Å²) in [7, 11) is -3.79. The number of para-hydroxylation sites is 1. The van der Waals surface area contributed by atoms with Crippen molar-refractivity contribution in [2.75, 3.05) is 4.72 Å². The first-order chi connectivity index (χ1) is 13.5. The molecule has 0 atom stereocenters. The molecule has 1 aromatic carbocycles. The lowest BCUT2D eigenvalue weighted by Crippen LogP contribution is -2.42. The lowest BCUT2D eigenvalue weighted by molar-refractivity contribution is -0.121. The second-order valence-corrected chi connectivity index (χ2v) is 9.35. The van der Waals surface area contributed by atoms with E-state index in [4.69, 9.17) is 0 Å². The van der Waals surface area contributed by atoms with E-state index in [0.717, 1.165) is 16.9 Å². The number of benzene rings is 1. The van der Waals surface area contributed by atoms with Crippen molar-refractivity contribution >= 4 is 50.2 Å². The summed E-state index contributed by atoms with van der Waals surface area (Å²) in [5.74, 6) is -0.954. The fourth-order valence-corrected chi connectivity index (χ4v) is 5.11. The van der Waals surface area contributed by atoms with Gasteiger partial charge in [-0.05, 0) is 52.4 Å². The molecule has 3 N–H and O–H groups in total. The monoisotopic (exact) mass is 435 g/mol. The summed E-state index contributed by atoms with van der Waals surface area (Å²) < 4.78 is 27.4. The van der Waals surface area contributed by atoms with Crippen LogP contribution in [0, 0.1) is 0 Å². The number of thiophene rings is 2. The van der Waals surface area contributed by atoms with Gasteiger partial charge >= 0.3 is 0 Å². The first-order valence-electron chi connectivity index (χ1n) is 8.21. The third kappa shape index (κ3) is 5.18. The molecule has 2 amide bonds. The van der Waals surface area contributed by atoms with Crippen molar-refractivity contribution in [1.29, 1.82) is 0 Å². The summed E-state index contributed by atoms with van der Waals surface area (Å²) in [5.41, 5.74) is 5.95. The van der Waals surface area contributed by atoms with E-state index in [1.54, 1.807) is 34.9 Å². The number of hydrogen-bond donors (Lipinski definition) is 3. The van der Waals surface area contributed by atoms with Crippen LogP contribution in [0.15, 0.2) is 62.8 Å². The molecule has 2 heterocycles. The van der Waals surface area contributed by atoms with Crippen LogP contribution in [-0.2, 0) is 21.2 Å². The van der Waals surface area contributed by atoms with Crippen LogP contribution in [0.25, 0.3) is 0 Å². The van der Waals surface area contributed by atoms with Gasteiger partial charge in [0.25, 0.3) is 15.9 Å². The van der Waals surface area contributed by atoms with E-state index in [9.17, 15) is 18.0 Å². The molecule has 28 heavy (non-hydrogen) atoms. The molecule has 0 saturated heterocycles. The fraction of sp³-hybridized carbons (Fsp3) is 0.111. The fourth-order valence-electron chi connectivity index (χ4n) is 2.33. The van der Waals surface area contributed by atoms with E-state index in [-0.39, 0.29) is 27.8 Å². The highest BCUT2D eigenvalue weighted by Gasteiger charge is 2.19. The van der Waals surface area contributed by atoms with E-state index in [0.29, 0.717) is 6.42 Å². The van der Waals surface area contributed by atoms with Crippen molar-refractivity contribution in [2.24, 2.45) is 0 Å². The maximum Gasteiger partial charge on any atom is 0.271 e. The van der Waals surface area contributed by atoms with Gasteiger partial charge in [0, 0.05) is 6.42 Å². The van der Waals surface area contributed by atoms with Crippen molar-refractivity contribution in [3.63, 3.8) is 0 Å². The molecule has 3 rings (SSSR count). The second-order valence-electron chi connectivity index (χ2n) is 5.72. The largest absolute Gasteiger partial charge is 0.278 e. The SMILES string of the molecule is O=C(CCc1ccsc1)NNC(=O)c1ccccc1NS(=O)(=O)c1cccs1. The smallest absolute Gasteiger partial charge is 0.271 e. The summed E-state index contributed by atoms with van der Waals surface area (Å²) in [6.45, 7) is 0. The number of anilines is 1. The lowest BCUT2D eigenvalue weighted by Gasteiger charge is -2.12. The third-order valence-electron chi connectivity index (χ3n) is 3.71. The molecule has 0 spiro atoms. The van der Waals surface area contributed by atoms with Gasteiger partial charge in [0.15, 0.2) is 0 Å². The molecule has 146 valence electrons. The summed E-state index contributed by atoms with van der Waals surface area (Å²) in [4.78, 5) is 24.3. The molecule has 0 aliphatic carbocycles. The van der Waals surface area contributed by atoms with Gasteiger partial charge in [0.2, 0.25) is 5.91 Å². The number of carbonyl (C=O) groups is 2. The van der Waals surface area contributed by atoms with Crippen LogP contribution >= 0.6 is 22.7 Å². The predicted octanol–water partition coefficient (Wildman–Crippen LogP) is 3.00. The Hall–Kier alpha value is -2.69. The van der Waals surface area contributed by atoms with Gasteiger partial charge in [0.05, 0.1) is 11.3 Å². The minimum Gasteiger partial charge on any atom is -0.278 e. The molecule has 0 radical (unpaired) electrons. The van der Waals surface area contributed by atoms with Crippen LogP contribution in [-0.4, -0.2) is 20.2 Å². The molecule has 2 aromatic heterocycles. The zero-order chi connectivity index (χ0) is 20.0. The summed E-state index contributed by atoms with van der Waals surface area (Å²) >= 11 is 2.63. The number of carbonyl (C=O) groups excluding carboxylic acids is 2. The summed E-state index contributed by atoms with van der Waals surface area (Å²) in [5, 5.41) is 5.55. The standard InChI is InChI=1S/C18H17N3O4S3/c22-16(8-7-13-9-11-26-12-13)19-20-18(23)14-4-1-2-5-15(14)21-28(24,25)17-6-3-10-27-17/h1-6,9-12,21H,7-8H2,(H,19,22)(H,20,23). The number of hydrazine groups is 1. The Kier molecular flexibility index (Phi) is 6.45. The molecule has 3 aromatic rings. The molecule has 10 heteroatoms. The van der Waals surface area contributed by atoms with Crippen LogP contribution in [0.3, 0.4) is 0 Å². The third-order valence-corrected chi connectivity index (χ3v) is 7.21. The highest BCUT2D eigenvalue weighted by molar-refractivity contribution is 7.94. The van der Waals surface area contributed by atoms with Crippen molar-refractivity contribution in [2.45, 2.75) is 17.1 Å². The van der Waals surface area contributed by atoms with Gasteiger partial charge in [-0.3, -0.25) is 25.2 Å². The van der Waals surface area contributed by atoms with Crippen LogP contribution in [0.1, 0.15) is 22.3 Å². The molecule has 7 nitrogen and oxygen atoms in total. The summed E-state index contributed by atoms with van der Waals surface area (Å²) in [6.07, 6.45) is 0.798. The Labute approximate surface area is 170 Å². The van der Waals surface area contributed by atoms with Crippen molar-refractivity contribution in [1.82, 2.24) is 10.9 Å². The number of hydrogen-bond acceptors (Lipinski definition) is 6. The Morgan fingerprint density at radius 1 is 0.964 bits per heavy atom. The number of nitrogens with one attached hydrogen (secondary N) is 3. The maximum atomic E-state index is 12.4. The first kappa shape index (κ1) is 20.1. The Morgan fingerprint density at radius 3 is 2.50 bits per heavy atom. The molecule has 0 aliphatic rings. The van der Waals surface area contributed by atoms with E-state index >= 15 is 0 Å². The van der Waals surface area contributed by atoms with Gasteiger partial charge in [-0.25, -0.2) is 8.42 Å². The minimum atomic E-state index is -3.79. The van der Waals surface area contributed by atoms with Gasteiger partial charge in [-0.1, -0.05) is 18.2 Å². The average Bonchev–Trinajstić information content (AvgIpc) is 3.38. The Balaban J connectivity index is 1.62. The zero-order valence-corrected chi connectivity index (χ0v) is 17.0. The second kappa shape index (κ2) is 9.00. The van der Waals surface area contributed by atoms with E-state index < -0.39 is 15.9 Å². The Bertz CT molecular complexity index is 1050. The predicted molar refractivity (Wildman–Crippen MR) is 110 cm³/mol. The normalized spacial score (nSPS) is 11.0. The Morgan fingerprint density at radius 2 is 1.79 bits per heavy atom. The zero-order valence-electron chi connectivity index (χ0n) is 14.5. The molecule has 0 unspecified atom stereocenters. The minimum absolute atomic E-state index is 0.0979. The van der Waals surface area contributed by atoms with Crippen molar-refractivity contribution in [3.8, 4) is 0 Å². The molecular formula is C18H17N3O4S3. The molecular weight excluding hydrogens is 418 g/mol. The van der Waals surface area contributed by atoms with E-state index in [2.05, 4.69) is 15.6 Å². The van der Waals surface area contributed by atoms with E-state index in [1.807, 2.05) is 16.8 Å². The van der Waals surface area contributed by atoms with Crippen LogP contribution in [0.2, 0.25) is 0 Å². The van der Waals surface area contributed by atoms with Crippen molar-refractivity contribution in [3.05, 3.63) is 69.7 Å². The quantitative estimate of drug-likeness (QED) is 0.496. The number of rotatable bonds is 7. The number of aryl methyl sites for hydroxylation is 1.